The van der Waals surface area contributed by atoms with Crippen LogP contribution in [0.4, 0.5) is 43.9 Å². The predicted molar refractivity (Wildman–Crippen MR) is 134 cm³/mol. The SMILES string of the molecule is O=C(N[C@@](Cc1ccccc1)(c1cc(F)cc(OC(F)(F)C(F)F)c1)c1ccc(F)cc1F)c1cccc(C(F)(F)F)c1. The molecule has 13 heteroatoms. The van der Waals surface area contributed by atoms with Gasteiger partial charge in [-0.1, -0.05) is 42.5 Å². The number of hydrogen-bond donors (Lipinski definition) is 1. The Kier molecular flexibility index (Phi) is 8.74. The van der Waals surface area contributed by atoms with Gasteiger partial charge in [0.15, 0.2) is 0 Å². The van der Waals surface area contributed by atoms with E-state index in [0.29, 0.717) is 42.0 Å². The maximum absolute atomic E-state index is 15.5. The van der Waals surface area contributed by atoms with Gasteiger partial charge in [0, 0.05) is 29.7 Å². The second kappa shape index (κ2) is 12.0. The number of hydrogen-bond acceptors (Lipinski definition) is 2. The van der Waals surface area contributed by atoms with E-state index < -0.39 is 82.0 Å². The highest BCUT2D eigenvalue weighted by Gasteiger charge is 2.45. The lowest BCUT2D eigenvalue weighted by Crippen LogP contribution is -2.49. The number of amides is 1. The number of benzene rings is 4. The van der Waals surface area contributed by atoms with Crippen molar-refractivity contribution < 1.29 is 53.4 Å². The van der Waals surface area contributed by atoms with E-state index in [1.807, 2.05) is 0 Å². The fourth-order valence-electron chi connectivity index (χ4n) is 4.45. The van der Waals surface area contributed by atoms with Crippen LogP contribution < -0.4 is 10.1 Å². The zero-order chi connectivity index (χ0) is 31.6. The number of rotatable bonds is 9. The van der Waals surface area contributed by atoms with Crippen molar-refractivity contribution in [3.63, 3.8) is 0 Å². The zero-order valence-corrected chi connectivity index (χ0v) is 21.5. The number of alkyl halides is 7. The standard InChI is InChI=1S/C30H19F10NO2/c31-21-9-10-24(25(33)15-21)28(16-17-5-2-1-3-6-17,41-26(42)18-7-4-8-19(11-18)29(36,37)38)20-12-22(32)14-23(13-20)43-30(39,40)27(34)35/h1-15,27H,16H2,(H,41,42)/t28-/m0/s1. The highest BCUT2D eigenvalue weighted by molar-refractivity contribution is 5.95. The van der Waals surface area contributed by atoms with Crippen LogP contribution in [0.3, 0.4) is 0 Å². The summed E-state index contributed by atoms with van der Waals surface area (Å²) >= 11 is 0. The fourth-order valence-corrected chi connectivity index (χ4v) is 4.45. The highest BCUT2D eigenvalue weighted by atomic mass is 19.4. The molecular weight excluding hydrogens is 596 g/mol. The van der Waals surface area contributed by atoms with Crippen LogP contribution >= 0.6 is 0 Å². The molecule has 0 spiro atoms. The van der Waals surface area contributed by atoms with Crippen molar-refractivity contribution in [2.24, 2.45) is 0 Å². The molecule has 4 rings (SSSR count). The molecule has 1 amide bonds. The molecular formula is C30H19F10NO2. The average molecular weight is 615 g/mol. The van der Waals surface area contributed by atoms with Crippen molar-refractivity contribution in [3.8, 4) is 5.75 Å². The number of ether oxygens (including phenoxy) is 1. The lowest BCUT2D eigenvalue weighted by atomic mass is 9.77. The Bertz CT molecular complexity index is 1610. The Morgan fingerprint density at radius 3 is 2.07 bits per heavy atom. The highest BCUT2D eigenvalue weighted by Crippen LogP contribution is 2.39. The van der Waals surface area contributed by atoms with Crippen molar-refractivity contribution in [2.75, 3.05) is 0 Å². The lowest BCUT2D eigenvalue weighted by Gasteiger charge is -2.37. The van der Waals surface area contributed by atoms with E-state index in [1.54, 1.807) is 6.07 Å². The second-order valence-electron chi connectivity index (χ2n) is 9.36. The predicted octanol–water partition coefficient (Wildman–Crippen LogP) is 8.28. The van der Waals surface area contributed by atoms with Crippen LogP contribution in [0.5, 0.6) is 5.75 Å². The summed E-state index contributed by atoms with van der Waals surface area (Å²) < 4.78 is 142. The number of halogens is 10. The Morgan fingerprint density at radius 1 is 0.744 bits per heavy atom. The van der Waals surface area contributed by atoms with Gasteiger partial charge in [-0.25, -0.2) is 13.2 Å². The molecule has 0 aromatic heterocycles. The van der Waals surface area contributed by atoms with Gasteiger partial charge in [-0.3, -0.25) is 4.79 Å². The third-order valence-electron chi connectivity index (χ3n) is 6.35. The lowest BCUT2D eigenvalue weighted by molar-refractivity contribution is -0.253. The van der Waals surface area contributed by atoms with Crippen LogP contribution in [0.25, 0.3) is 0 Å². The summed E-state index contributed by atoms with van der Waals surface area (Å²) in [6.07, 6.45) is -14.8. The third kappa shape index (κ3) is 7.09. The Hall–Kier alpha value is -4.55. The minimum Gasteiger partial charge on any atom is -0.428 e. The minimum atomic E-state index is -5.09. The molecule has 0 saturated carbocycles. The number of carbonyl (C=O) groups is 1. The Morgan fingerprint density at radius 2 is 1.44 bits per heavy atom. The average Bonchev–Trinajstić information content (AvgIpc) is 2.92. The molecule has 0 saturated heterocycles. The van der Waals surface area contributed by atoms with E-state index in [-0.39, 0.29) is 0 Å². The third-order valence-corrected chi connectivity index (χ3v) is 6.35. The quantitative estimate of drug-likeness (QED) is 0.193. The van der Waals surface area contributed by atoms with Crippen LogP contribution in [0.1, 0.15) is 32.6 Å². The largest absolute Gasteiger partial charge is 0.461 e. The van der Waals surface area contributed by atoms with Crippen molar-refractivity contribution in [1.82, 2.24) is 5.32 Å². The van der Waals surface area contributed by atoms with Gasteiger partial charge in [-0.2, -0.15) is 30.7 Å². The number of nitrogens with one attached hydrogen (secondary N) is 1. The smallest absolute Gasteiger partial charge is 0.428 e. The first kappa shape index (κ1) is 31.4. The normalized spacial score (nSPS) is 13.5. The molecule has 4 aromatic rings. The summed E-state index contributed by atoms with van der Waals surface area (Å²) in [6, 6.07) is 14.4. The molecule has 0 aliphatic rings. The first-order valence-electron chi connectivity index (χ1n) is 12.3. The van der Waals surface area contributed by atoms with Crippen LogP contribution in [0, 0.1) is 17.5 Å². The minimum absolute atomic E-state index is 0.306. The summed E-state index contributed by atoms with van der Waals surface area (Å²) in [4.78, 5) is 13.5. The first-order chi connectivity index (χ1) is 20.1. The van der Waals surface area contributed by atoms with E-state index in [0.717, 1.165) is 24.3 Å². The molecule has 43 heavy (non-hydrogen) atoms. The van der Waals surface area contributed by atoms with Gasteiger partial charge in [0.05, 0.1) is 11.1 Å². The van der Waals surface area contributed by atoms with Crippen molar-refractivity contribution in [3.05, 3.63) is 136 Å². The van der Waals surface area contributed by atoms with E-state index in [1.165, 1.54) is 24.3 Å². The van der Waals surface area contributed by atoms with Crippen LogP contribution in [0.15, 0.2) is 91.0 Å². The van der Waals surface area contributed by atoms with E-state index >= 15 is 4.39 Å². The van der Waals surface area contributed by atoms with E-state index in [4.69, 9.17) is 0 Å². The number of carbonyl (C=O) groups excluding carboxylic acids is 1. The second-order valence-corrected chi connectivity index (χ2v) is 9.36. The first-order valence-corrected chi connectivity index (χ1v) is 12.3. The monoisotopic (exact) mass is 615 g/mol. The molecule has 0 aliphatic carbocycles. The van der Waals surface area contributed by atoms with Crippen molar-refractivity contribution in [2.45, 2.75) is 30.7 Å². The molecule has 0 fully saturated rings. The maximum atomic E-state index is 15.5. The van der Waals surface area contributed by atoms with Gasteiger partial charge >= 0.3 is 18.7 Å². The molecule has 0 aliphatic heterocycles. The molecule has 1 atom stereocenters. The van der Waals surface area contributed by atoms with Gasteiger partial charge in [0.25, 0.3) is 5.91 Å². The fraction of sp³-hybridized carbons (Fsp3) is 0.167. The topological polar surface area (TPSA) is 38.3 Å². The van der Waals surface area contributed by atoms with Crippen LogP contribution in [-0.2, 0) is 18.1 Å². The Labute approximate surface area is 237 Å². The molecule has 0 unspecified atom stereocenters. The summed E-state index contributed by atoms with van der Waals surface area (Å²) in [7, 11) is 0. The van der Waals surface area contributed by atoms with Gasteiger partial charge in [-0.05, 0) is 47.5 Å². The van der Waals surface area contributed by atoms with Crippen molar-refractivity contribution >= 4 is 5.91 Å². The summed E-state index contributed by atoms with van der Waals surface area (Å²) in [6.45, 7) is 0. The molecule has 0 radical (unpaired) electrons. The molecule has 0 bridgehead atoms. The van der Waals surface area contributed by atoms with E-state index in [2.05, 4.69) is 10.1 Å². The van der Waals surface area contributed by atoms with Crippen LogP contribution in [0.2, 0.25) is 0 Å². The summed E-state index contributed by atoms with van der Waals surface area (Å²) in [5, 5.41) is 2.38. The molecule has 226 valence electrons. The molecule has 0 heterocycles. The van der Waals surface area contributed by atoms with E-state index in [9.17, 15) is 44.3 Å². The molecule has 4 aromatic carbocycles. The van der Waals surface area contributed by atoms with Crippen molar-refractivity contribution in [1.29, 1.82) is 0 Å². The molecule has 1 N–H and O–H groups in total. The summed E-state index contributed by atoms with van der Waals surface area (Å²) in [5.41, 5.74) is -4.94. The van der Waals surface area contributed by atoms with Gasteiger partial charge < -0.3 is 10.1 Å². The summed E-state index contributed by atoms with van der Waals surface area (Å²) in [5.74, 6) is -6.13. The zero-order valence-electron chi connectivity index (χ0n) is 21.5. The molecule has 3 nitrogen and oxygen atoms in total. The Balaban J connectivity index is 1.98. The van der Waals surface area contributed by atoms with Gasteiger partial charge in [0.2, 0.25) is 0 Å². The van der Waals surface area contributed by atoms with Gasteiger partial charge in [0.1, 0.15) is 23.2 Å². The van der Waals surface area contributed by atoms with Gasteiger partial charge in [-0.15, -0.1) is 0 Å². The van der Waals surface area contributed by atoms with Crippen LogP contribution in [-0.4, -0.2) is 18.4 Å². The maximum Gasteiger partial charge on any atom is 0.461 e.